The van der Waals surface area contributed by atoms with E-state index in [-0.39, 0.29) is 12.2 Å². The lowest BCUT2D eigenvalue weighted by atomic mass is 10.1. The number of esters is 1. The van der Waals surface area contributed by atoms with E-state index in [4.69, 9.17) is 21.1 Å². The van der Waals surface area contributed by atoms with Crippen molar-refractivity contribution in [2.45, 2.75) is 33.6 Å². The second-order valence-corrected chi connectivity index (χ2v) is 7.36. The van der Waals surface area contributed by atoms with E-state index in [1.54, 1.807) is 36.4 Å². The lowest BCUT2D eigenvalue weighted by Crippen LogP contribution is -2.25. The van der Waals surface area contributed by atoms with Gasteiger partial charge in [0.25, 0.3) is 5.91 Å². The third kappa shape index (κ3) is 7.47. The molecule has 0 aliphatic carbocycles. The molecule has 162 valence electrons. The van der Waals surface area contributed by atoms with Gasteiger partial charge in [-0.3, -0.25) is 4.79 Å². The molecule has 7 heteroatoms. The predicted octanol–water partition coefficient (Wildman–Crippen LogP) is 4.76. The fraction of sp³-hybridized carbons (Fsp3) is 0.292. The Bertz CT molecular complexity index is 984. The smallest absolute Gasteiger partial charge is 0.349 e. The second kappa shape index (κ2) is 11.8. The fourth-order valence-corrected chi connectivity index (χ4v) is 2.82. The molecule has 2 rings (SSSR count). The summed E-state index contributed by atoms with van der Waals surface area (Å²) in [6.45, 7) is 6.03. The van der Waals surface area contributed by atoms with Crippen LogP contribution in [0.4, 0.5) is 0 Å². The highest BCUT2D eigenvalue weighted by Crippen LogP contribution is 2.26. The third-order valence-corrected chi connectivity index (χ3v) is 4.97. The Labute approximate surface area is 187 Å². The topological polar surface area (TPSA) is 88.4 Å². The molecule has 6 nitrogen and oxygen atoms in total. The monoisotopic (exact) mass is 440 g/mol. The summed E-state index contributed by atoms with van der Waals surface area (Å²) >= 11 is 6.13. The van der Waals surface area contributed by atoms with Crippen molar-refractivity contribution in [2.75, 3.05) is 13.2 Å². The Morgan fingerprint density at radius 2 is 1.77 bits per heavy atom. The van der Waals surface area contributed by atoms with Crippen LogP contribution < -0.4 is 14.8 Å². The molecule has 0 aliphatic rings. The molecule has 2 aromatic carbocycles. The summed E-state index contributed by atoms with van der Waals surface area (Å²) in [7, 11) is 0. The molecule has 31 heavy (non-hydrogen) atoms. The SMILES string of the molecule is CCCCNC(=O)/C(C#N)=C/c1ccc(OC(=O)COc2cc(C)c(Cl)c(C)c2)cc1. The van der Waals surface area contributed by atoms with Gasteiger partial charge in [0.2, 0.25) is 0 Å². The van der Waals surface area contributed by atoms with Crippen LogP contribution in [0.5, 0.6) is 11.5 Å². The molecule has 0 radical (unpaired) electrons. The van der Waals surface area contributed by atoms with E-state index in [0.29, 0.717) is 28.6 Å². The molecule has 0 unspecified atom stereocenters. The summed E-state index contributed by atoms with van der Waals surface area (Å²) in [4.78, 5) is 24.1. The quantitative estimate of drug-likeness (QED) is 0.199. The fourth-order valence-electron chi connectivity index (χ4n) is 2.71. The minimum Gasteiger partial charge on any atom is -0.482 e. The Kier molecular flexibility index (Phi) is 9.11. The van der Waals surface area contributed by atoms with E-state index >= 15 is 0 Å². The first-order valence-electron chi connectivity index (χ1n) is 9.94. The van der Waals surface area contributed by atoms with Gasteiger partial charge < -0.3 is 14.8 Å². The van der Waals surface area contributed by atoms with E-state index in [1.807, 2.05) is 26.8 Å². The lowest BCUT2D eigenvalue weighted by molar-refractivity contribution is -0.136. The molecule has 0 heterocycles. The summed E-state index contributed by atoms with van der Waals surface area (Å²) in [5.41, 5.74) is 2.39. The number of ether oxygens (including phenoxy) is 2. The van der Waals surface area contributed by atoms with Gasteiger partial charge in [-0.1, -0.05) is 37.1 Å². The zero-order chi connectivity index (χ0) is 22.8. The maximum atomic E-state index is 12.1. The first-order chi connectivity index (χ1) is 14.8. The van der Waals surface area contributed by atoms with E-state index in [2.05, 4.69) is 5.32 Å². The molecule has 0 saturated heterocycles. The van der Waals surface area contributed by atoms with E-state index in [9.17, 15) is 14.9 Å². The number of amides is 1. The molecular formula is C24H25ClN2O4. The summed E-state index contributed by atoms with van der Waals surface area (Å²) < 4.78 is 10.8. The first kappa shape index (κ1) is 24.0. The van der Waals surface area contributed by atoms with Crippen LogP contribution in [0.2, 0.25) is 5.02 Å². The van der Waals surface area contributed by atoms with Crippen LogP contribution in [-0.2, 0) is 9.59 Å². The number of halogens is 1. The van der Waals surface area contributed by atoms with Crippen LogP contribution >= 0.6 is 11.6 Å². The summed E-state index contributed by atoms with van der Waals surface area (Å²) in [5, 5.41) is 12.6. The molecule has 2 aromatic rings. The van der Waals surface area contributed by atoms with Crippen LogP contribution in [0.15, 0.2) is 42.0 Å². The molecule has 0 spiro atoms. The van der Waals surface area contributed by atoms with Crippen LogP contribution in [0, 0.1) is 25.2 Å². The number of hydrogen-bond donors (Lipinski definition) is 1. The average Bonchev–Trinajstić information content (AvgIpc) is 2.75. The molecule has 0 fully saturated rings. The largest absolute Gasteiger partial charge is 0.482 e. The van der Waals surface area contributed by atoms with Crippen molar-refractivity contribution in [1.82, 2.24) is 5.32 Å². The zero-order valence-corrected chi connectivity index (χ0v) is 18.6. The number of nitriles is 1. The van der Waals surface area contributed by atoms with Gasteiger partial charge in [-0.2, -0.15) is 5.26 Å². The highest BCUT2D eigenvalue weighted by Gasteiger charge is 2.10. The van der Waals surface area contributed by atoms with E-state index < -0.39 is 11.9 Å². The molecule has 0 aromatic heterocycles. The minimum absolute atomic E-state index is 0.0165. The van der Waals surface area contributed by atoms with Gasteiger partial charge in [0.15, 0.2) is 6.61 Å². The van der Waals surface area contributed by atoms with Gasteiger partial charge in [-0.05, 0) is 67.3 Å². The number of benzene rings is 2. The number of aryl methyl sites for hydroxylation is 2. The summed E-state index contributed by atoms with van der Waals surface area (Å²) in [5.74, 6) is -0.0870. The van der Waals surface area contributed by atoms with Gasteiger partial charge in [0.1, 0.15) is 23.1 Å². The molecule has 1 amide bonds. The van der Waals surface area contributed by atoms with Crippen molar-refractivity contribution < 1.29 is 19.1 Å². The first-order valence-corrected chi connectivity index (χ1v) is 10.3. The van der Waals surface area contributed by atoms with Crippen molar-refractivity contribution in [3.8, 4) is 17.6 Å². The van der Waals surface area contributed by atoms with Crippen molar-refractivity contribution in [3.05, 3.63) is 63.7 Å². The third-order valence-electron chi connectivity index (χ3n) is 4.37. The number of unbranched alkanes of at least 4 members (excludes halogenated alkanes) is 1. The van der Waals surface area contributed by atoms with Gasteiger partial charge in [0.05, 0.1) is 0 Å². The van der Waals surface area contributed by atoms with Crippen LogP contribution in [0.3, 0.4) is 0 Å². The number of nitrogens with zero attached hydrogens (tertiary/aromatic N) is 1. The molecule has 0 atom stereocenters. The normalized spacial score (nSPS) is 10.9. The molecular weight excluding hydrogens is 416 g/mol. The Balaban J connectivity index is 1.93. The van der Waals surface area contributed by atoms with Crippen LogP contribution in [0.1, 0.15) is 36.5 Å². The highest BCUT2D eigenvalue weighted by atomic mass is 35.5. The number of carbonyl (C=O) groups excluding carboxylic acids is 2. The molecule has 0 saturated carbocycles. The van der Waals surface area contributed by atoms with E-state index in [1.165, 1.54) is 6.08 Å². The maximum absolute atomic E-state index is 12.1. The summed E-state index contributed by atoms with van der Waals surface area (Å²) in [6.07, 6.45) is 3.29. The van der Waals surface area contributed by atoms with Gasteiger partial charge >= 0.3 is 5.97 Å². The van der Waals surface area contributed by atoms with Crippen molar-refractivity contribution in [2.24, 2.45) is 0 Å². The number of hydrogen-bond acceptors (Lipinski definition) is 5. The molecule has 1 N–H and O–H groups in total. The summed E-state index contributed by atoms with van der Waals surface area (Å²) in [6, 6.07) is 11.9. The zero-order valence-electron chi connectivity index (χ0n) is 17.8. The second-order valence-electron chi connectivity index (χ2n) is 6.98. The predicted molar refractivity (Wildman–Crippen MR) is 120 cm³/mol. The number of rotatable bonds is 9. The standard InChI is InChI=1S/C24H25ClN2O4/c1-4-5-10-27-24(29)19(14-26)13-18-6-8-20(9-7-18)31-22(28)15-30-21-11-16(2)23(25)17(3)12-21/h6-9,11-13H,4-5,10,15H2,1-3H3,(H,27,29)/b19-13+. The highest BCUT2D eigenvalue weighted by molar-refractivity contribution is 6.32. The Morgan fingerprint density at radius 3 is 2.35 bits per heavy atom. The van der Waals surface area contributed by atoms with E-state index in [0.717, 1.165) is 24.0 Å². The van der Waals surface area contributed by atoms with Crippen molar-refractivity contribution >= 4 is 29.6 Å². The Hall–Kier alpha value is -3.30. The minimum atomic E-state index is -0.554. The van der Waals surface area contributed by atoms with Gasteiger partial charge in [-0.15, -0.1) is 0 Å². The van der Waals surface area contributed by atoms with Crippen LogP contribution in [-0.4, -0.2) is 25.0 Å². The molecule has 0 bridgehead atoms. The average molecular weight is 441 g/mol. The molecule has 0 aliphatic heterocycles. The Morgan fingerprint density at radius 1 is 1.13 bits per heavy atom. The van der Waals surface area contributed by atoms with Crippen molar-refractivity contribution in [1.29, 1.82) is 5.26 Å². The number of carbonyl (C=O) groups is 2. The lowest BCUT2D eigenvalue weighted by Gasteiger charge is -2.10. The maximum Gasteiger partial charge on any atom is 0.349 e. The van der Waals surface area contributed by atoms with Gasteiger partial charge in [0, 0.05) is 11.6 Å². The number of nitrogens with one attached hydrogen (secondary N) is 1. The van der Waals surface area contributed by atoms with Crippen molar-refractivity contribution in [3.63, 3.8) is 0 Å². The van der Waals surface area contributed by atoms with Crippen LogP contribution in [0.25, 0.3) is 6.08 Å². The van der Waals surface area contributed by atoms with Gasteiger partial charge in [-0.25, -0.2) is 4.79 Å².